The molecule has 1 aliphatic heterocycles. The predicted octanol–water partition coefficient (Wildman–Crippen LogP) is 4.47. The number of hydrogen-bond acceptors (Lipinski definition) is 3. The van der Waals surface area contributed by atoms with Crippen molar-refractivity contribution in [2.24, 2.45) is 0 Å². The SMILES string of the molecule is COCCN(CC(=O)N1CCc2ccccc2C1C)C(=O)Nc1cccc2ccccc12. The smallest absolute Gasteiger partial charge is 0.322 e. The minimum Gasteiger partial charge on any atom is -0.383 e. The van der Waals surface area contributed by atoms with Gasteiger partial charge in [0.15, 0.2) is 0 Å². The number of methoxy groups -OCH3 is 1. The maximum absolute atomic E-state index is 13.2. The fourth-order valence-electron chi connectivity index (χ4n) is 4.35. The summed E-state index contributed by atoms with van der Waals surface area (Å²) in [5.74, 6) is -0.0591. The molecule has 6 heteroatoms. The molecule has 1 heterocycles. The van der Waals surface area contributed by atoms with Gasteiger partial charge in [-0.15, -0.1) is 0 Å². The number of urea groups is 1. The number of fused-ring (bicyclic) bond motifs is 2. The number of amides is 3. The number of anilines is 1. The molecule has 0 saturated heterocycles. The summed E-state index contributed by atoms with van der Waals surface area (Å²) in [5, 5.41) is 5.00. The molecule has 1 atom stereocenters. The zero-order valence-electron chi connectivity index (χ0n) is 18.6. The monoisotopic (exact) mass is 431 g/mol. The number of carbonyl (C=O) groups is 2. The Kier molecular flexibility index (Phi) is 6.71. The van der Waals surface area contributed by atoms with Crippen LogP contribution in [0.2, 0.25) is 0 Å². The standard InChI is InChI=1S/C26H29N3O3/c1-19-22-11-5-3-9-21(22)14-15-29(19)25(30)18-28(16-17-32-2)26(31)27-24-13-7-10-20-8-4-6-12-23(20)24/h3-13,19H,14-18H2,1-2H3,(H,27,31). The molecule has 0 bridgehead atoms. The van der Waals surface area contributed by atoms with E-state index in [9.17, 15) is 9.59 Å². The zero-order chi connectivity index (χ0) is 22.5. The van der Waals surface area contributed by atoms with E-state index < -0.39 is 0 Å². The predicted molar refractivity (Wildman–Crippen MR) is 127 cm³/mol. The van der Waals surface area contributed by atoms with E-state index in [0.29, 0.717) is 19.7 Å². The van der Waals surface area contributed by atoms with Crippen molar-refractivity contribution in [2.45, 2.75) is 19.4 Å². The third kappa shape index (κ3) is 4.60. The summed E-state index contributed by atoms with van der Waals surface area (Å²) in [6, 6.07) is 21.6. The lowest BCUT2D eigenvalue weighted by Crippen LogP contribution is -2.48. The Balaban J connectivity index is 1.49. The average molecular weight is 432 g/mol. The minimum atomic E-state index is -0.309. The Morgan fingerprint density at radius 2 is 1.81 bits per heavy atom. The van der Waals surface area contributed by atoms with Gasteiger partial charge >= 0.3 is 6.03 Å². The van der Waals surface area contributed by atoms with E-state index in [0.717, 1.165) is 22.9 Å². The fourth-order valence-corrected chi connectivity index (χ4v) is 4.35. The van der Waals surface area contributed by atoms with E-state index in [1.54, 1.807) is 7.11 Å². The average Bonchev–Trinajstić information content (AvgIpc) is 2.82. The third-order valence-electron chi connectivity index (χ3n) is 6.12. The van der Waals surface area contributed by atoms with E-state index in [2.05, 4.69) is 17.4 Å². The normalized spacial score (nSPS) is 15.3. The van der Waals surface area contributed by atoms with Crippen molar-refractivity contribution in [1.29, 1.82) is 0 Å². The Hall–Kier alpha value is -3.38. The Morgan fingerprint density at radius 3 is 2.66 bits per heavy atom. The van der Waals surface area contributed by atoms with Crippen molar-refractivity contribution in [2.75, 3.05) is 38.7 Å². The van der Waals surface area contributed by atoms with Crippen molar-refractivity contribution in [3.8, 4) is 0 Å². The van der Waals surface area contributed by atoms with Gasteiger partial charge in [0.05, 0.1) is 18.3 Å². The summed E-state index contributed by atoms with van der Waals surface area (Å²) < 4.78 is 5.19. The van der Waals surface area contributed by atoms with Gasteiger partial charge in [0.25, 0.3) is 0 Å². The van der Waals surface area contributed by atoms with E-state index in [1.807, 2.05) is 66.4 Å². The lowest BCUT2D eigenvalue weighted by atomic mass is 9.93. The summed E-state index contributed by atoms with van der Waals surface area (Å²) >= 11 is 0. The molecular weight excluding hydrogens is 402 g/mol. The van der Waals surface area contributed by atoms with Crippen molar-refractivity contribution in [3.05, 3.63) is 77.9 Å². The molecule has 0 saturated carbocycles. The van der Waals surface area contributed by atoms with Crippen LogP contribution in [0.1, 0.15) is 24.1 Å². The molecule has 0 spiro atoms. The van der Waals surface area contributed by atoms with Crippen LogP contribution in [0.3, 0.4) is 0 Å². The van der Waals surface area contributed by atoms with Gasteiger partial charge in [0.1, 0.15) is 6.54 Å². The van der Waals surface area contributed by atoms with Crippen LogP contribution >= 0.6 is 0 Å². The van der Waals surface area contributed by atoms with E-state index >= 15 is 0 Å². The van der Waals surface area contributed by atoms with Crippen LogP contribution in [0, 0.1) is 0 Å². The van der Waals surface area contributed by atoms with Crippen LogP contribution < -0.4 is 5.32 Å². The molecule has 0 aromatic heterocycles. The van der Waals surface area contributed by atoms with Crippen molar-refractivity contribution >= 4 is 28.4 Å². The summed E-state index contributed by atoms with van der Waals surface area (Å²) in [6.07, 6.45) is 0.826. The van der Waals surface area contributed by atoms with Gasteiger partial charge < -0.3 is 19.9 Å². The van der Waals surface area contributed by atoms with Crippen LogP contribution in [0.5, 0.6) is 0 Å². The maximum atomic E-state index is 13.2. The number of ether oxygens (including phenoxy) is 1. The molecule has 0 radical (unpaired) electrons. The molecule has 1 aliphatic rings. The van der Waals surface area contributed by atoms with Crippen molar-refractivity contribution in [1.82, 2.24) is 9.80 Å². The molecule has 0 aliphatic carbocycles. The highest BCUT2D eigenvalue weighted by Crippen LogP contribution is 2.29. The summed E-state index contributed by atoms with van der Waals surface area (Å²) in [7, 11) is 1.59. The number of carbonyl (C=O) groups excluding carboxylic acids is 2. The first kappa shape index (κ1) is 21.8. The highest BCUT2D eigenvalue weighted by atomic mass is 16.5. The number of hydrogen-bond donors (Lipinski definition) is 1. The van der Waals surface area contributed by atoms with E-state index in [1.165, 1.54) is 16.0 Å². The molecule has 3 aromatic carbocycles. The van der Waals surface area contributed by atoms with Crippen LogP contribution in [-0.4, -0.2) is 55.1 Å². The summed E-state index contributed by atoms with van der Waals surface area (Å²) in [4.78, 5) is 29.8. The molecule has 166 valence electrons. The Bertz CT molecular complexity index is 1110. The van der Waals surface area contributed by atoms with Gasteiger partial charge in [-0.05, 0) is 35.9 Å². The Labute approximate surface area is 188 Å². The highest BCUT2D eigenvalue weighted by Gasteiger charge is 2.29. The highest BCUT2D eigenvalue weighted by molar-refractivity contribution is 6.02. The van der Waals surface area contributed by atoms with Gasteiger partial charge in [-0.25, -0.2) is 4.79 Å². The molecule has 6 nitrogen and oxygen atoms in total. The van der Waals surface area contributed by atoms with Crippen LogP contribution in [0.15, 0.2) is 66.7 Å². The second-order valence-corrected chi connectivity index (χ2v) is 8.08. The van der Waals surface area contributed by atoms with Gasteiger partial charge in [-0.1, -0.05) is 60.7 Å². The lowest BCUT2D eigenvalue weighted by Gasteiger charge is -2.36. The lowest BCUT2D eigenvalue weighted by molar-refractivity contribution is -0.134. The first-order valence-electron chi connectivity index (χ1n) is 11.0. The van der Waals surface area contributed by atoms with Crippen molar-refractivity contribution < 1.29 is 14.3 Å². The number of rotatable bonds is 6. The van der Waals surface area contributed by atoms with Gasteiger partial charge in [-0.2, -0.15) is 0 Å². The quantitative estimate of drug-likeness (QED) is 0.627. The van der Waals surface area contributed by atoms with E-state index in [-0.39, 0.29) is 24.5 Å². The van der Waals surface area contributed by atoms with Crippen molar-refractivity contribution in [3.63, 3.8) is 0 Å². The minimum absolute atomic E-state index is 0.00642. The molecule has 3 aromatic rings. The molecule has 4 rings (SSSR count). The largest absolute Gasteiger partial charge is 0.383 e. The molecule has 3 amide bonds. The van der Waals surface area contributed by atoms with Gasteiger partial charge in [0.2, 0.25) is 5.91 Å². The summed E-state index contributed by atoms with van der Waals surface area (Å²) in [6.45, 7) is 3.39. The number of nitrogens with one attached hydrogen (secondary N) is 1. The number of benzene rings is 3. The second-order valence-electron chi connectivity index (χ2n) is 8.08. The fraction of sp³-hybridized carbons (Fsp3) is 0.308. The zero-order valence-corrected chi connectivity index (χ0v) is 18.6. The first-order valence-corrected chi connectivity index (χ1v) is 11.0. The first-order chi connectivity index (χ1) is 15.6. The van der Waals surface area contributed by atoms with Gasteiger partial charge in [0, 0.05) is 25.6 Å². The molecule has 1 N–H and O–H groups in total. The summed E-state index contributed by atoms with van der Waals surface area (Å²) in [5.41, 5.74) is 3.19. The molecule has 1 unspecified atom stereocenters. The van der Waals surface area contributed by atoms with E-state index in [4.69, 9.17) is 4.74 Å². The third-order valence-corrected chi connectivity index (χ3v) is 6.12. The second kappa shape index (κ2) is 9.83. The molecule has 0 fully saturated rings. The van der Waals surface area contributed by atoms with Crippen LogP contribution in [0.25, 0.3) is 10.8 Å². The van der Waals surface area contributed by atoms with Gasteiger partial charge in [-0.3, -0.25) is 4.79 Å². The maximum Gasteiger partial charge on any atom is 0.322 e. The Morgan fingerprint density at radius 1 is 1.06 bits per heavy atom. The molecule has 32 heavy (non-hydrogen) atoms. The van der Waals surface area contributed by atoms with Crippen LogP contribution in [0.4, 0.5) is 10.5 Å². The molecular formula is C26H29N3O3. The van der Waals surface area contributed by atoms with Crippen LogP contribution in [-0.2, 0) is 16.0 Å². The topological polar surface area (TPSA) is 61.9 Å². The number of nitrogens with zero attached hydrogens (tertiary/aromatic N) is 2.